The topological polar surface area (TPSA) is 44.5 Å². The molecule has 0 bridgehead atoms. The van der Waals surface area contributed by atoms with Crippen molar-refractivity contribution in [2.45, 2.75) is 6.92 Å². The van der Waals surface area contributed by atoms with Crippen molar-refractivity contribution in [3.05, 3.63) is 66.6 Å². The standard InChI is InChI=1S/C16H13NO3/c1-12-16(11-18-17-12)20-15-9-7-14(8-10-15)19-13-5-3-2-4-6-13/h2-11H,1H3. The molecule has 0 aliphatic carbocycles. The number of nitrogens with zero attached hydrogens (tertiary/aromatic N) is 1. The third-order valence-corrected chi connectivity index (χ3v) is 2.74. The van der Waals surface area contributed by atoms with Gasteiger partial charge in [0, 0.05) is 0 Å². The Labute approximate surface area is 116 Å². The Morgan fingerprint density at radius 3 is 2.00 bits per heavy atom. The summed E-state index contributed by atoms with van der Waals surface area (Å²) in [4.78, 5) is 0. The van der Waals surface area contributed by atoms with Gasteiger partial charge in [-0.25, -0.2) is 0 Å². The largest absolute Gasteiger partial charge is 0.457 e. The molecular weight excluding hydrogens is 254 g/mol. The van der Waals surface area contributed by atoms with Gasteiger partial charge in [-0.3, -0.25) is 0 Å². The summed E-state index contributed by atoms with van der Waals surface area (Å²) in [6.45, 7) is 1.83. The SMILES string of the molecule is Cc1nocc1Oc1ccc(Oc2ccccc2)cc1. The molecule has 0 saturated carbocycles. The third kappa shape index (κ3) is 2.80. The number of rotatable bonds is 4. The van der Waals surface area contributed by atoms with Crippen LogP contribution in [-0.4, -0.2) is 5.16 Å². The van der Waals surface area contributed by atoms with Crippen LogP contribution < -0.4 is 9.47 Å². The molecule has 0 unspecified atom stereocenters. The summed E-state index contributed by atoms with van der Waals surface area (Å²) < 4.78 is 16.2. The molecule has 20 heavy (non-hydrogen) atoms. The molecule has 4 heteroatoms. The van der Waals surface area contributed by atoms with Crippen LogP contribution in [0.2, 0.25) is 0 Å². The van der Waals surface area contributed by atoms with Gasteiger partial charge in [0.1, 0.15) is 22.9 Å². The molecule has 0 N–H and O–H groups in total. The van der Waals surface area contributed by atoms with Crippen LogP contribution in [0.1, 0.15) is 5.69 Å². The van der Waals surface area contributed by atoms with E-state index in [0.29, 0.717) is 11.5 Å². The minimum Gasteiger partial charge on any atom is -0.457 e. The van der Waals surface area contributed by atoms with E-state index in [4.69, 9.17) is 14.0 Å². The fourth-order valence-corrected chi connectivity index (χ4v) is 1.71. The molecule has 0 spiro atoms. The zero-order valence-electron chi connectivity index (χ0n) is 10.9. The molecule has 0 radical (unpaired) electrons. The molecule has 100 valence electrons. The number of hydrogen-bond donors (Lipinski definition) is 0. The van der Waals surface area contributed by atoms with E-state index in [1.54, 1.807) is 0 Å². The summed E-state index contributed by atoms with van der Waals surface area (Å²) in [5, 5.41) is 3.76. The minimum absolute atomic E-state index is 0.613. The number of para-hydroxylation sites is 1. The van der Waals surface area contributed by atoms with Crippen molar-refractivity contribution >= 4 is 0 Å². The molecule has 1 heterocycles. The number of aromatic nitrogens is 1. The van der Waals surface area contributed by atoms with Gasteiger partial charge in [0.2, 0.25) is 0 Å². The number of ether oxygens (including phenoxy) is 2. The molecule has 1 aromatic heterocycles. The molecule has 2 aromatic carbocycles. The predicted molar refractivity (Wildman–Crippen MR) is 74.3 cm³/mol. The molecule has 4 nitrogen and oxygen atoms in total. The monoisotopic (exact) mass is 267 g/mol. The zero-order chi connectivity index (χ0) is 13.8. The van der Waals surface area contributed by atoms with Crippen molar-refractivity contribution < 1.29 is 14.0 Å². The lowest BCUT2D eigenvalue weighted by Crippen LogP contribution is -1.86. The first-order chi connectivity index (χ1) is 9.81. The van der Waals surface area contributed by atoms with Crippen molar-refractivity contribution in [3.8, 4) is 23.0 Å². The summed E-state index contributed by atoms with van der Waals surface area (Å²) in [6, 6.07) is 17.0. The molecule has 3 aromatic rings. The first-order valence-corrected chi connectivity index (χ1v) is 6.23. The van der Waals surface area contributed by atoms with Gasteiger partial charge in [-0.1, -0.05) is 23.4 Å². The highest BCUT2D eigenvalue weighted by Gasteiger charge is 2.05. The molecule has 0 fully saturated rings. The van der Waals surface area contributed by atoms with Gasteiger partial charge in [0.25, 0.3) is 0 Å². The maximum Gasteiger partial charge on any atom is 0.189 e. The minimum atomic E-state index is 0.613. The first kappa shape index (κ1) is 12.3. The number of aryl methyl sites for hydroxylation is 1. The Kier molecular flexibility index (Phi) is 3.37. The van der Waals surface area contributed by atoms with E-state index in [9.17, 15) is 0 Å². The van der Waals surface area contributed by atoms with Gasteiger partial charge in [0.05, 0.1) is 0 Å². The Balaban J connectivity index is 1.70. The highest BCUT2D eigenvalue weighted by molar-refractivity contribution is 5.37. The Hall–Kier alpha value is -2.75. The quantitative estimate of drug-likeness (QED) is 0.694. The maximum atomic E-state index is 5.71. The zero-order valence-corrected chi connectivity index (χ0v) is 10.9. The van der Waals surface area contributed by atoms with Gasteiger partial charge < -0.3 is 14.0 Å². The summed E-state index contributed by atoms with van der Waals surface area (Å²) in [5.41, 5.74) is 0.717. The van der Waals surface area contributed by atoms with E-state index in [1.807, 2.05) is 61.5 Å². The average molecular weight is 267 g/mol. The summed E-state index contributed by atoms with van der Waals surface area (Å²) in [7, 11) is 0. The van der Waals surface area contributed by atoms with Crippen molar-refractivity contribution in [2.75, 3.05) is 0 Å². The third-order valence-electron chi connectivity index (χ3n) is 2.74. The smallest absolute Gasteiger partial charge is 0.189 e. The van der Waals surface area contributed by atoms with Crippen LogP contribution in [0.4, 0.5) is 0 Å². The second-order valence-electron chi connectivity index (χ2n) is 4.25. The lowest BCUT2D eigenvalue weighted by Gasteiger charge is -2.07. The van der Waals surface area contributed by atoms with Crippen LogP contribution in [0.3, 0.4) is 0 Å². The van der Waals surface area contributed by atoms with E-state index < -0.39 is 0 Å². The lowest BCUT2D eigenvalue weighted by molar-refractivity contribution is 0.407. The molecule has 0 saturated heterocycles. The van der Waals surface area contributed by atoms with E-state index in [0.717, 1.165) is 17.2 Å². The highest BCUT2D eigenvalue weighted by Crippen LogP contribution is 2.27. The van der Waals surface area contributed by atoms with Crippen molar-refractivity contribution in [3.63, 3.8) is 0 Å². The van der Waals surface area contributed by atoms with Crippen molar-refractivity contribution in [1.29, 1.82) is 0 Å². The average Bonchev–Trinajstić information content (AvgIpc) is 2.88. The Bertz CT molecular complexity index is 674. The van der Waals surface area contributed by atoms with Crippen LogP contribution in [0.5, 0.6) is 23.0 Å². The predicted octanol–water partition coefficient (Wildman–Crippen LogP) is 4.57. The van der Waals surface area contributed by atoms with Crippen LogP contribution in [0, 0.1) is 6.92 Å². The van der Waals surface area contributed by atoms with Crippen LogP contribution in [0.25, 0.3) is 0 Å². The van der Waals surface area contributed by atoms with Crippen molar-refractivity contribution in [2.24, 2.45) is 0 Å². The van der Waals surface area contributed by atoms with E-state index in [2.05, 4.69) is 5.16 Å². The molecule has 3 rings (SSSR count). The summed E-state index contributed by atoms with van der Waals surface area (Å²) in [5.74, 6) is 2.88. The van der Waals surface area contributed by atoms with Gasteiger partial charge in [-0.15, -0.1) is 0 Å². The van der Waals surface area contributed by atoms with E-state index in [1.165, 1.54) is 6.26 Å². The van der Waals surface area contributed by atoms with Gasteiger partial charge >= 0.3 is 0 Å². The van der Waals surface area contributed by atoms with Crippen LogP contribution in [0.15, 0.2) is 65.4 Å². The van der Waals surface area contributed by atoms with Gasteiger partial charge in [-0.05, 0) is 43.3 Å². The molecule has 0 amide bonds. The number of benzene rings is 2. The lowest BCUT2D eigenvalue weighted by atomic mass is 10.3. The second kappa shape index (κ2) is 5.48. The van der Waals surface area contributed by atoms with E-state index >= 15 is 0 Å². The molecule has 0 atom stereocenters. The van der Waals surface area contributed by atoms with E-state index in [-0.39, 0.29) is 0 Å². The highest BCUT2D eigenvalue weighted by atomic mass is 16.5. The molecule has 0 aliphatic heterocycles. The van der Waals surface area contributed by atoms with Crippen LogP contribution in [-0.2, 0) is 0 Å². The Morgan fingerprint density at radius 1 is 0.800 bits per heavy atom. The first-order valence-electron chi connectivity index (χ1n) is 6.23. The maximum absolute atomic E-state index is 5.71. The fraction of sp³-hybridized carbons (Fsp3) is 0.0625. The molecule has 0 aliphatic rings. The molecular formula is C16H13NO3. The van der Waals surface area contributed by atoms with Gasteiger partial charge in [-0.2, -0.15) is 0 Å². The second-order valence-corrected chi connectivity index (χ2v) is 4.25. The Morgan fingerprint density at radius 2 is 1.40 bits per heavy atom. The summed E-state index contributed by atoms with van der Waals surface area (Å²) >= 11 is 0. The van der Waals surface area contributed by atoms with Crippen LogP contribution >= 0.6 is 0 Å². The fourth-order valence-electron chi connectivity index (χ4n) is 1.71. The summed E-state index contributed by atoms with van der Waals surface area (Å²) in [6.07, 6.45) is 1.48. The van der Waals surface area contributed by atoms with Gasteiger partial charge in [0.15, 0.2) is 12.0 Å². The number of hydrogen-bond acceptors (Lipinski definition) is 4. The normalized spacial score (nSPS) is 10.2. The van der Waals surface area contributed by atoms with Crippen molar-refractivity contribution in [1.82, 2.24) is 5.16 Å².